The van der Waals surface area contributed by atoms with Crippen LogP contribution in [0.3, 0.4) is 0 Å². The van der Waals surface area contributed by atoms with Crippen LogP contribution >= 0.6 is 11.6 Å². The SMILES string of the molecule is CCn1nc(C)c(Cl)c1COC1COC2(CCNCC2)C1. The summed E-state index contributed by atoms with van der Waals surface area (Å²) in [5, 5.41) is 8.54. The molecule has 3 heterocycles. The van der Waals surface area contributed by atoms with Gasteiger partial charge in [-0.1, -0.05) is 11.6 Å². The Morgan fingerprint density at radius 2 is 2.24 bits per heavy atom. The number of piperidine rings is 1. The summed E-state index contributed by atoms with van der Waals surface area (Å²) in [6, 6.07) is 0. The van der Waals surface area contributed by atoms with E-state index < -0.39 is 0 Å². The highest BCUT2D eigenvalue weighted by Gasteiger charge is 2.41. The lowest BCUT2D eigenvalue weighted by atomic mass is 9.89. The van der Waals surface area contributed by atoms with Gasteiger partial charge in [0.05, 0.1) is 41.3 Å². The van der Waals surface area contributed by atoms with Crippen LogP contribution in [0.1, 0.15) is 37.6 Å². The first-order valence-corrected chi connectivity index (χ1v) is 8.19. The van der Waals surface area contributed by atoms with Gasteiger partial charge in [0, 0.05) is 13.0 Å². The molecule has 21 heavy (non-hydrogen) atoms. The zero-order chi connectivity index (χ0) is 14.9. The van der Waals surface area contributed by atoms with E-state index in [0.29, 0.717) is 13.2 Å². The number of nitrogens with zero attached hydrogens (tertiary/aromatic N) is 2. The van der Waals surface area contributed by atoms with Crippen molar-refractivity contribution in [3.8, 4) is 0 Å². The van der Waals surface area contributed by atoms with Crippen LogP contribution in [0.2, 0.25) is 5.02 Å². The normalized spacial score (nSPS) is 24.8. The molecule has 0 bridgehead atoms. The quantitative estimate of drug-likeness (QED) is 0.926. The van der Waals surface area contributed by atoms with Gasteiger partial charge in [-0.3, -0.25) is 4.68 Å². The third kappa shape index (κ3) is 3.11. The van der Waals surface area contributed by atoms with Crippen molar-refractivity contribution in [2.45, 2.75) is 58.0 Å². The third-order valence-electron chi connectivity index (χ3n) is 4.60. The van der Waals surface area contributed by atoms with E-state index in [9.17, 15) is 0 Å². The maximum atomic E-state index is 6.32. The maximum absolute atomic E-state index is 6.32. The molecule has 6 heteroatoms. The van der Waals surface area contributed by atoms with Gasteiger partial charge in [0.1, 0.15) is 0 Å². The molecule has 2 saturated heterocycles. The van der Waals surface area contributed by atoms with E-state index in [4.69, 9.17) is 21.1 Å². The molecule has 1 spiro atoms. The number of aromatic nitrogens is 2. The summed E-state index contributed by atoms with van der Waals surface area (Å²) in [4.78, 5) is 0. The lowest BCUT2D eigenvalue weighted by molar-refractivity contribution is -0.0243. The van der Waals surface area contributed by atoms with Crippen LogP contribution in [0.25, 0.3) is 0 Å². The van der Waals surface area contributed by atoms with Gasteiger partial charge in [-0.05, 0) is 39.8 Å². The average molecular weight is 314 g/mol. The van der Waals surface area contributed by atoms with Gasteiger partial charge in [-0.15, -0.1) is 0 Å². The molecule has 3 rings (SSSR count). The molecule has 1 aromatic rings. The Morgan fingerprint density at radius 3 is 2.95 bits per heavy atom. The highest BCUT2D eigenvalue weighted by atomic mass is 35.5. The number of hydrogen-bond acceptors (Lipinski definition) is 4. The maximum Gasteiger partial charge on any atom is 0.0905 e. The summed E-state index contributed by atoms with van der Waals surface area (Å²) in [5.41, 5.74) is 1.89. The van der Waals surface area contributed by atoms with E-state index in [1.165, 1.54) is 0 Å². The molecule has 2 aliphatic heterocycles. The Hall–Kier alpha value is -0.620. The lowest BCUT2D eigenvalue weighted by Crippen LogP contribution is -2.41. The van der Waals surface area contributed by atoms with Crippen LogP contribution in [0.4, 0.5) is 0 Å². The minimum Gasteiger partial charge on any atom is -0.372 e. The summed E-state index contributed by atoms with van der Waals surface area (Å²) in [6.07, 6.45) is 3.32. The van der Waals surface area contributed by atoms with E-state index in [0.717, 1.165) is 55.3 Å². The molecule has 2 aliphatic rings. The molecule has 0 radical (unpaired) electrons. The van der Waals surface area contributed by atoms with Crippen molar-refractivity contribution in [1.82, 2.24) is 15.1 Å². The van der Waals surface area contributed by atoms with Gasteiger partial charge in [0.15, 0.2) is 0 Å². The number of rotatable bonds is 4. The Kier molecular flexibility index (Phi) is 4.54. The van der Waals surface area contributed by atoms with Gasteiger partial charge in [0.25, 0.3) is 0 Å². The molecule has 0 saturated carbocycles. The lowest BCUT2D eigenvalue weighted by Gasteiger charge is -2.32. The monoisotopic (exact) mass is 313 g/mol. The average Bonchev–Trinajstić information content (AvgIpc) is 3.00. The van der Waals surface area contributed by atoms with Crippen LogP contribution in [0, 0.1) is 6.92 Å². The Morgan fingerprint density at radius 1 is 1.48 bits per heavy atom. The van der Waals surface area contributed by atoms with Crippen molar-refractivity contribution >= 4 is 11.6 Å². The molecule has 1 aromatic heterocycles. The second kappa shape index (κ2) is 6.24. The van der Waals surface area contributed by atoms with Gasteiger partial charge < -0.3 is 14.8 Å². The molecule has 2 fully saturated rings. The fraction of sp³-hybridized carbons (Fsp3) is 0.800. The largest absolute Gasteiger partial charge is 0.372 e. The zero-order valence-corrected chi connectivity index (χ0v) is 13.6. The predicted molar refractivity (Wildman–Crippen MR) is 81.6 cm³/mol. The van der Waals surface area contributed by atoms with E-state index >= 15 is 0 Å². The van der Waals surface area contributed by atoms with Crippen molar-refractivity contribution in [2.24, 2.45) is 0 Å². The fourth-order valence-corrected chi connectivity index (χ4v) is 3.53. The van der Waals surface area contributed by atoms with Gasteiger partial charge >= 0.3 is 0 Å². The Labute approximate surface area is 130 Å². The van der Waals surface area contributed by atoms with Crippen molar-refractivity contribution in [3.05, 3.63) is 16.4 Å². The summed E-state index contributed by atoms with van der Waals surface area (Å²) >= 11 is 6.32. The fourth-order valence-electron chi connectivity index (χ4n) is 3.34. The number of aryl methyl sites for hydroxylation is 2. The molecular weight excluding hydrogens is 290 g/mol. The minimum absolute atomic E-state index is 0.0423. The molecule has 0 amide bonds. The van der Waals surface area contributed by atoms with Crippen molar-refractivity contribution < 1.29 is 9.47 Å². The first-order chi connectivity index (χ1) is 10.1. The van der Waals surface area contributed by atoms with Crippen molar-refractivity contribution in [2.75, 3.05) is 19.7 Å². The van der Waals surface area contributed by atoms with Crippen LogP contribution in [-0.2, 0) is 22.6 Å². The molecule has 1 atom stereocenters. The molecule has 0 aromatic carbocycles. The van der Waals surface area contributed by atoms with E-state index in [1.54, 1.807) is 0 Å². The molecule has 118 valence electrons. The van der Waals surface area contributed by atoms with Gasteiger partial charge in [0.2, 0.25) is 0 Å². The molecular formula is C15H24ClN3O2. The van der Waals surface area contributed by atoms with E-state index in [2.05, 4.69) is 17.3 Å². The zero-order valence-electron chi connectivity index (χ0n) is 12.8. The minimum atomic E-state index is 0.0423. The second-order valence-corrected chi connectivity index (χ2v) is 6.42. The van der Waals surface area contributed by atoms with Crippen LogP contribution in [-0.4, -0.2) is 41.2 Å². The summed E-state index contributed by atoms with van der Waals surface area (Å²) < 4.78 is 14.0. The van der Waals surface area contributed by atoms with Gasteiger partial charge in [-0.2, -0.15) is 5.10 Å². The summed E-state index contributed by atoms with van der Waals surface area (Å²) in [6.45, 7) is 8.09. The molecule has 1 unspecified atom stereocenters. The predicted octanol–water partition coefficient (Wildman–Crippen LogP) is 2.29. The standard InChI is InChI=1S/C15H24ClN3O2/c1-3-19-13(14(16)11(2)18-19)10-20-12-8-15(21-9-12)4-6-17-7-5-15/h12,17H,3-10H2,1-2H3. The highest BCUT2D eigenvalue weighted by molar-refractivity contribution is 6.31. The highest BCUT2D eigenvalue weighted by Crippen LogP contribution is 2.35. The van der Waals surface area contributed by atoms with Crippen molar-refractivity contribution in [3.63, 3.8) is 0 Å². The number of halogens is 1. The van der Waals surface area contributed by atoms with E-state index in [-0.39, 0.29) is 11.7 Å². The third-order valence-corrected chi connectivity index (χ3v) is 5.09. The Balaban J connectivity index is 1.59. The number of hydrogen-bond donors (Lipinski definition) is 1. The first kappa shape index (κ1) is 15.3. The number of nitrogens with one attached hydrogen (secondary N) is 1. The van der Waals surface area contributed by atoms with E-state index in [1.807, 2.05) is 11.6 Å². The van der Waals surface area contributed by atoms with Crippen LogP contribution in [0.5, 0.6) is 0 Å². The number of ether oxygens (including phenoxy) is 2. The molecule has 1 N–H and O–H groups in total. The first-order valence-electron chi connectivity index (χ1n) is 7.81. The summed E-state index contributed by atoms with van der Waals surface area (Å²) in [5.74, 6) is 0. The Bertz CT molecular complexity index is 497. The summed E-state index contributed by atoms with van der Waals surface area (Å²) in [7, 11) is 0. The van der Waals surface area contributed by atoms with Crippen molar-refractivity contribution in [1.29, 1.82) is 0 Å². The molecule has 5 nitrogen and oxygen atoms in total. The van der Waals surface area contributed by atoms with Crippen LogP contribution in [0.15, 0.2) is 0 Å². The van der Waals surface area contributed by atoms with Gasteiger partial charge in [-0.25, -0.2) is 0 Å². The molecule has 0 aliphatic carbocycles. The smallest absolute Gasteiger partial charge is 0.0905 e. The second-order valence-electron chi connectivity index (χ2n) is 6.04. The topological polar surface area (TPSA) is 48.3 Å². The van der Waals surface area contributed by atoms with Crippen LogP contribution < -0.4 is 5.32 Å².